The molecule has 1 unspecified atom stereocenters. The lowest BCUT2D eigenvalue weighted by Crippen LogP contribution is -2.57. The van der Waals surface area contributed by atoms with Gasteiger partial charge < -0.3 is 10.6 Å². The summed E-state index contributed by atoms with van der Waals surface area (Å²) in [5.41, 5.74) is 0.997. The first-order chi connectivity index (χ1) is 11.0. The fraction of sp³-hybridized carbons (Fsp3) is 0.562. The minimum atomic E-state index is -4.34. The Balaban J connectivity index is 1.81. The van der Waals surface area contributed by atoms with Crippen LogP contribution in [-0.4, -0.2) is 55.7 Å². The molecule has 1 amide bonds. The van der Waals surface area contributed by atoms with E-state index < -0.39 is 18.8 Å². The van der Waals surface area contributed by atoms with Gasteiger partial charge in [-0.3, -0.25) is 9.69 Å². The van der Waals surface area contributed by atoms with Crippen molar-refractivity contribution in [3.05, 3.63) is 35.9 Å². The number of nitrogens with zero attached hydrogens (tertiary/aromatic N) is 1. The number of aryl methyl sites for hydroxylation is 1. The van der Waals surface area contributed by atoms with Crippen molar-refractivity contribution in [1.82, 2.24) is 15.5 Å². The number of carbonyl (C=O) groups excluding carboxylic acids is 1. The summed E-state index contributed by atoms with van der Waals surface area (Å²) in [6, 6.07) is 7.80. The van der Waals surface area contributed by atoms with Crippen LogP contribution in [0.4, 0.5) is 13.2 Å². The quantitative estimate of drug-likeness (QED) is 0.833. The normalized spacial score (nSPS) is 17.7. The predicted molar refractivity (Wildman–Crippen MR) is 82.1 cm³/mol. The molecule has 1 saturated heterocycles. The van der Waals surface area contributed by atoms with Crippen molar-refractivity contribution < 1.29 is 18.0 Å². The Hall–Kier alpha value is -1.60. The molecule has 0 spiro atoms. The fourth-order valence-corrected chi connectivity index (χ4v) is 2.65. The van der Waals surface area contributed by atoms with Crippen molar-refractivity contribution in [2.75, 3.05) is 32.7 Å². The monoisotopic (exact) mass is 329 g/mol. The second-order valence-electron chi connectivity index (χ2n) is 5.63. The Bertz CT molecular complexity index is 487. The summed E-state index contributed by atoms with van der Waals surface area (Å²) in [4.78, 5) is 13.2. The van der Waals surface area contributed by atoms with Gasteiger partial charge in [0.05, 0.1) is 0 Å². The Morgan fingerprint density at radius 1 is 1.22 bits per heavy atom. The molecule has 128 valence electrons. The largest absolute Gasteiger partial charge is 0.405 e. The summed E-state index contributed by atoms with van der Waals surface area (Å²) < 4.78 is 39.6. The van der Waals surface area contributed by atoms with Crippen molar-refractivity contribution in [1.29, 1.82) is 0 Å². The Labute approximate surface area is 134 Å². The predicted octanol–water partition coefficient (Wildman–Crippen LogP) is 1.57. The van der Waals surface area contributed by atoms with Gasteiger partial charge in [-0.05, 0) is 12.0 Å². The average Bonchev–Trinajstić information content (AvgIpc) is 2.54. The molecule has 1 aromatic carbocycles. The highest BCUT2D eigenvalue weighted by Crippen LogP contribution is 2.24. The van der Waals surface area contributed by atoms with Gasteiger partial charge in [-0.2, -0.15) is 13.2 Å². The lowest BCUT2D eigenvalue weighted by atomic mass is 10.1. The number of hydrogen-bond acceptors (Lipinski definition) is 3. The van der Waals surface area contributed by atoms with Gasteiger partial charge in [0.2, 0.25) is 5.91 Å². The zero-order chi connectivity index (χ0) is 16.7. The molecule has 1 aromatic rings. The van der Waals surface area contributed by atoms with E-state index in [1.165, 1.54) is 4.90 Å². The van der Waals surface area contributed by atoms with Gasteiger partial charge in [-0.15, -0.1) is 0 Å². The number of benzene rings is 1. The lowest BCUT2D eigenvalue weighted by Gasteiger charge is -2.35. The van der Waals surface area contributed by atoms with Gasteiger partial charge in [-0.25, -0.2) is 0 Å². The number of hydrogen-bond donors (Lipinski definition) is 2. The summed E-state index contributed by atoms with van der Waals surface area (Å²) >= 11 is 0. The van der Waals surface area contributed by atoms with E-state index in [1.807, 2.05) is 30.3 Å². The molecular formula is C16H22F3N3O. The Morgan fingerprint density at radius 3 is 2.48 bits per heavy atom. The number of alkyl halides is 3. The summed E-state index contributed by atoms with van der Waals surface area (Å²) in [6.45, 7) is 1.36. The maximum absolute atomic E-state index is 13.2. The van der Waals surface area contributed by atoms with Crippen molar-refractivity contribution in [2.45, 2.75) is 25.1 Å². The van der Waals surface area contributed by atoms with Gasteiger partial charge in [0.1, 0.15) is 6.04 Å². The summed E-state index contributed by atoms with van der Waals surface area (Å²) in [5, 5.41) is 5.46. The van der Waals surface area contributed by atoms with Crippen molar-refractivity contribution in [2.24, 2.45) is 0 Å². The van der Waals surface area contributed by atoms with Crippen LogP contribution in [0.5, 0.6) is 0 Å². The summed E-state index contributed by atoms with van der Waals surface area (Å²) in [7, 11) is 0. The van der Waals surface area contributed by atoms with Crippen molar-refractivity contribution in [3.8, 4) is 0 Å². The SMILES string of the molecule is O=C(CCc1ccccc1)NCC(N1CCNCC1)C(F)(F)F. The van der Waals surface area contributed by atoms with E-state index in [9.17, 15) is 18.0 Å². The second-order valence-corrected chi connectivity index (χ2v) is 5.63. The molecule has 4 nitrogen and oxygen atoms in total. The standard InChI is InChI=1S/C16H22F3N3O/c17-16(18,19)14(22-10-8-20-9-11-22)12-21-15(23)7-6-13-4-2-1-3-5-13/h1-5,14,20H,6-12H2,(H,21,23). The molecule has 0 saturated carbocycles. The third-order valence-corrected chi connectivity index (χ3v) is 3.95. The number of rotatable bonds is 6. The van der Waals surface area contributed by atoms with Gasteiger partial charge in [0.25, 0.3) is 0 Å². The van der Waals surface area contributed by atoms with Gasteiger partial charge >= 0.3 is 6.18 Å². The van der Waals surface area contributed by atoms with E-state index in [2.05, 4.69) is 10.6 Å². The Kier molecular flexibility index (Phi) is 6.41. The number of nitrogens with one attached hydrogen (secondary N) is 2. The molecule has 7 heteroatoms. The van der Waals surface area contributed by atoms with E-state index in [0.717, 1.165) is 5.56 Å². The summed E-state index contributed by atoms with van der Waals surface area (Å²) in [5.74, 6) is -0.349. The van der Waals surface area contributed by atoms with E-state index in [-0.39, 0.29) is 12.3 Å². The molecule has 1 atom stereocenters. The van der Waals surface area contributed by atoms with Crippen LogP contribution in [-0.2, 0) is 11.2 Å². The Morgan fingerprint density at radius 2 is 1.87 bits per heavy atom. The van der Waals surface area contributed by atoms with Crippen molar-refractivity contribution in [3.63, 3.8) is 0 Å². The first-order valence-electron chi connectivity index (χ1n) is 7.79. The van der Waals surface area contributed by atoms with E-state index in [1.54, 1.807) is 0 Å². The average molecular weight is 329 g/mol. The van der Waals surface area contributed by atoms with Crippen LogP contribution < -0.4 is 10.6 Å². The third kappa shape index (κ3) is 5.84. The number of piperazine rings is 1. The molecular weight excluding hydrogens is 307 g/mol. The van der Waals surface area contributed by atoms with Crippen LogP contribution >= 0.6 is 0 Å². The van der Waals surface area contributed by atoms with Crippen LogP contribution in [0.1, 0.15) is 12.0 Å². The lowest BCUT2D eigenvalue weighted by molar-refractivity contribution is -0.184. The minimum Gasteiger partial charge on any atom is -0.354 e. The highest BCUT2D eigenvalue weighted by atomic mass is 19.4. The zero-order valence-corrected chi connectivity index (χ0v) is 12.9. The minimum absolute atomic E-state index is 0.191. The molecule has 23 heavy (non-hydrogen) atoms. The van der Waals surface area contributed by atoms with Crippen LogP contribution in [0.25, 0.3) is 0 Å². The van der Waals surface area contributed by atoms with E-state index in [0.29, 0.717) is 32.6 Å². The molecule has 1 fully saturated rings. The van der Waals surface area contributed by atoms with Crippen LogP contribution in [0.15, 0.2) is 30.3 Å². The van der Waals surface area contributed by atoms with Crippen molar-refractivity contribution >= 4 is 5.91 Å². The first kappa shape index (κ1) is 17.7. The maximum Gasteiger partial charge on any atom is 0.405 e. The van der Waals surface area contributed by atoms with E-state index in [4.69, 9.17) is 0 Å². The molecule has 2 N–H and O–H groups in total. The fourth-order valence-electron chi connectivity index (χ4n) is 2.65. The number of halogens is 3. The third-order valence-electron chi connectivity index (χ3n) is 3.95. The highest BCUT2D eigenvalue weighted by Gasteiger charge is 2.43. The first-order valence-corrected chi connectivity index (χ1v) is 7.79. The topological polar surface area (TPSA) is 44.4 Å². The molecule has 0 aromatic heterocycles. The van der Waals surface area contributed by atoms with Crippen LogP contribution in [0, 0.1) is 0 Å². The number of amides is 1. The highest BCUT2D eigenvalue weighted by molar-refractivity contribution is 5.76. The molecule has 1 heterocycles. The smallest absolute Gasteiger partial charge is 0.354 e. The molecule has 1 aliphatic heterocycles. The second kappa shape index (κ2) is 8.31. The molecule has 1 aliphatic rings. The van der Waals surface area contributed by atoms with Crippen LogP contribution in [0.2, 0.25) is 0 Å². The van der Waals surface area contributed by atoms with Gasteiger partial charge in [0.15, 0.2) is 0 Å². The maximum atomic E-state index is 13.2. The van der Waals surface area contributed by atoms with Crippen LogP contribution in [0.3, 0.4) is 0 Å². The van der Waals surface area contributed by atoms with Gasteiger partial charge in [0, 0.05) is 39.1 Å². The molecule has 0 radical (unpaired) electrons. The zero-order valence-electron chi connectivity index (χ0n) is 12.9. The molecule has 2 rings (SSSR count). The molecule has 0 bridgehead atoms. The van der Waals surface area contributed by atoms with Gasteiger partial charge in [-0.1, -0.05) is 30.3 Å². The molecule has 0 aliphatic carbocycles. The number of carbonyl (C=O) groups is 1. The van der Waals surface area contributed by atoms with E-state index >= 15 is 0 Å². The summed E-state index contributed by atoms with van der Waals surface area (Å²) in [6.07, 6.45) is -3.63.